The highest BCUT2D eigenvalue weighted by Crippen LogP contribution is 2.31. The Hall–Kier alpha value is -0.690. The average molecular weight is 275 g/mol. The summed E-state index contributed by atoms with van der Waals surface area (Å²) in [6, 6.07) is -0.257. The minimum Gasteiger partial charge on any atom is -0.481 e. The van der Waals surface area contributed by atoms with Gasteiger partial charge in [0.15, 0.2) is 0 Å². The molecule has 0 aliphatic heterocycles. The van der Waals surface area contributed by atoms with Crippen molar-refractivity contribution in [3.8, 4) is 0 Å². The maximum atomic E-state index is 11.2. The summed E-state index contributed by atoms with van der Waals surface area (Å²) in [6.07, 6.45) is -3.87. The van der Waals surface area contributed by atoms with Crippen molar-refractivity contribution in [2.24, 2.45) is 5.92 Å². The third-order valence-corrected chi connectivity index (χ3v) is 3.89. The predicted molar refractivity (Wildman–Crippen MR) is 69.7 cm³/mol. The van der Waals surface area contributed by atoms with E-state index in [9.17, 15) is 20.1 Å². The van der Waals surface area contributed by atoms with E-state index in [1.54, 1.807) is 0 Å². The van der Waals surface area contributed by atoms with Gasteiger partial charge in [0.25, 0.3) is 0 Å². The Balaban J connectivity index is 3.01. The van der Waals surface area contributed by atoms with Gasteiger partial charge < -0.3 is 20.4 Å². The van der Waals surface area contributed by atoms with Gasteiger partial charge in [-0.15, -0.1) is 0 Å². The Kier molecular flexibility index (Phi) is 5.32. The van der Waals surface area contributed by atoms with Crippen molar-refractivity contribution >= 4 is 5.97 Å². The standard InChI is InChI=1S/C13H25NO5/c1-6(2)14(7(3)4)9-5-8(13(18)19)10(15)12(17)11(9)16/h6-12,15-17H,5H2,1-4H3,(H,18,19). The second kappa shape index (κ2) is 6.17. The van der Waals surface area contributed by atoms with Crippen LogP contribution in [0, 0.1) is 5.92 Å². The first-order chi connectivity index (χ1) is 8.68. The van der Waals surface area contributed by atoms with Crippen LogP contribution in [-0.2, 0) is 4.79 Å². The monoisotopic (exact) mass is 275 g/mol. The van der Waals surface area contributed by atoms with Crippen molar-refractivity contribution in [3.63, 3.8) is 0 Å². The number of hydrogen-bond acceptors (Lipinski definition) is 5. The quantitative estimate of drug-likeness (QED) is 0.560. The second-order valence-corrected chi connectivity index (χ2v) is 5.85. The van der Waals surface area contributed by atoms with E-state index in [1.165, 1.54) is 0 Å². The Morgan fingerprint density at radius 3 is 1.84 bits per heavy atom. The van der Waals surface area contributed by atoms with Crippen LogP contribution in [0.5, 0.6) is 0 Å². The molecule has 6 heteroatoms. The molecule has 1 aliphatic carbocycles. The Morgan fingerprint density at radius 2 is 1.47 bits per heavy atom. The summed E-state index contributed by atoms with van der Waals surface area (Å²) >= 11 is 0. The molecule has 112 valence electrons. The third kappa shape index (κ3) is 3.25. The minimum atomic E-state index is -1.43. The molecule has 5 unspecified atom stereocenters. The van der Waals surface area contributed by atoms with Gasteiger partial charge in [0.2, 0.25) is 0 Å². The average Bonchev–Trinajstić information content (AvgIpc) is 2.28. The molecule has 0 heterocycles. The zero-order chi connectivity index (χ0) is 14.9. The Labute approximate surface area is 113 Å². The van der Waals surface area contributed by atoms with Crippen LogP contribution in [0.2, 0.25) is 0 Å². The number of nitrogens with zero attached hydrogens (tertiary/aromatic N) is 1. The summed E-state index contributed by atoms with van der Waals surface area (Å²) in [5.74, 6) is -2.20. The molecule has 0 saturated heterocycles. The molecule has 0 aromatic rings. The van der Waals surface area contributed by atoms with Crippen LogP contribution in [-0.4, -0.2) is 67.7 Å². The number of aliphatic hydroxyl groups excluding tert-OH is 3. The van der Waals surface area contributed by atoms with Gasteiger partial charge in [0.05, 0.1) is 18.1 Å². The van der Waals surface area contributed by atoms with E-state index in [2.05, 4.69) is 0 Å². The van der Waals surface area contributed by atoms with E-state index in [4.69, 9.17) is 5.11 Å². The van der Waals surface area contributed by atoms with Gasteiger partial charge >= 0.3 is 5.97 Å². The van der Waals surface area contributed by atoms with Gasteiger partial charge in [-0.2, -0.15) is 0 Å². The smallest absolute Gasteiger partial charge is 0.309 e. The first kappa shape index (κ1) is 16.4. The summed E-state index contributed by atoms with van der Waals surface area (Å²) in [7, 11) is 0. The van der Waals surface area contributed by atoms with Crippen LogP contribution in [0.4, 0.5) is 0 Å². The fourth-order valence-electron chi connectivity index (χ4n) is 3.11. The van der Waals surface area contributed by atoms with Gasteiger partial charge in [-0.05, 0) is 34.1 Å². The number of aliphatic hydroxyl groups is 3. The van der Waals surface area contributed by atoms with Gasteiger partial charge in [-0.3, -0.25) is 9.69 Å². The summed E-state index contributed by atoms with van der Waals surface area (Å²) in [4.78, 5) is 13.1. The molecule has 5 atom stereocenters. The molecule has 1 fully saturated rings. The summed E-state index contributed by atoms with van der Waals surface area (Å²) in [5.41, 5.74) is 0. The fraction of sp³-hybridized carbons (Fsp3) is 0.923. The van der Waals surface area contributed by atoms with Gasteiger partial charge in [-0.25, -0.2) is 0 Å². The molecule has 1 aliphatic rings. The van der Waals surface area contributed by atoms with Crippen molar-refractivity contribution in [1.29, 1.82) is 0 Å². The molecule has 4 N–H and O–H groups in total. The van der Waals surface area contributed by atoms with E-state index in [1.807, 2.05) is 32.6 Å². The predicted octanol–water partition coefficient (Wildman–Crippen LogP) is -0.339. The molecule has 0 bridgehead atoms. The highest BCUT2D eigenvalue weighted by Gasteiger charge is 2.48. The first-order valence-electron chi connectivity index (χ1n) is 6.72. The molecule has 1 rings (SSSR count). The maximum Gasteiger partial charge on any atom is 0.309 e. The molecule has 0 aromatic carbocycles. The van der Waals surface area contributed by atoms with E-state index >= 15 is 0 Å². The van der Waals surface area contributed by atoms with E-state index in [0.29, 0.717) is 0 Å². The fourth-order valence-corrected chi connectivity index (χ4v) is 3.11. The molecule has 0 radical (unpaired) electrons. The molecule has 19 heavy (non-hydrogen) atoms. The normalized spacial score (nSPS) is 36.2. The summed E-state index contributed by atoms with van der Waals surface area (Å²) < 4.78 is 0. The molecule has 6 nitrogen and oxygen atoms in total. The van der Waals surface area contributed by atoms with Crippen molar-refractivity contribution in [1.82, 2.24) is 4.90 Å². The van der Waals surface area contributed by atoms with Crippen molar-refractivity contribution < 1.29 is 25.2 Å². The molecule has 0 amide bonds. The van der Waals surface area contributed by atoms with Crippen molar-refractivity contribution in [2.75, 3.05) is 0 Å². The Morgan fingerprint density at radius 1 is 1.00 bits per heavy atom. The van der Waals surface area contributed by atoms with Crippen LogP contribution in [0.15, 0.2) is 0 Å². The number of carboxylic acids is 1. The number of carboxylic acid groups (broad SMARTS) is 1. The number of carbonyl (C=O) groups is 1. The Bertz CT molecular complexity index is 312. The number of aliphatic carboxylic acids is 1. The molecule has 1 saturated carbocycles. The maximum absolute atomic E-state index is 11.2. The minimum absolute atomic E-state index is 0.108. The zero-order valence-electron chi connectivity index (χ0n) is 11.9. The van der Waals surface area contributed by atoms with Crippen molar-refractivity contribution in [2.45, 2.75) is 70.6 Å². The lowest BCUT2D eigenvalue weighted by molar-refractivity contribution is -0.174. The van der Waals surface area contributed by atoms with Crippen LogP contribution < -0.4 is 0 Å². The molecule has 0 aromatic heterocycles. The molecular formula is C13H25NO5. The topological polar surface area (TPSA) is 101 Å². The lowest BCUT2D eigenvalue weighted by atomic mass is 9.78. The second-order valence-electron chi connectivity index (χ2n) is 5.85. The summed E-state index contributed by atoms with van der Waals surface area (Å²) in [5, 5.41) is 38.9. The molecular weight excluding hydrogens is 250 g/mol. The highest BCUT2D eigenvalue weighted by atomic mass is 16.4. The summed E-state index contributed by atoms with van der Waals surface area (Å²) in [6.45, 7) is 7.83. The first-order valence-corrected chi connectivity index (χ1v) is 6.72. The SMILES string of the molecule is CC(C)N(C(C)C)C1CC(C(=O)O)C(O)C(O)C1O. The molecule has 0 spiro atoms. The van der Waals surface area contributed by atoms with Crippen molar-refractivity contribution in [3.05, 3.63) is 0 Å². The van der Waals surface area contributed by atoms with E-state index < -0.39 is 36.2 Å². The largest absolute Gasteiger partial charge is 0.481 e. The zero-order valence-corrected chi connectivity index (χ0v) is 11.9. The van der Waals surface area contributed by atoms with Crippen LogP contribution in [0.1, 0.15) is 34.1 Å². The lowest BCUT2D eigenvalue weighted by Crippen LogP contribution is -2.62. The van der Waals surface area contributed by atoms with Gasteiger partial charge in [0.1, 0.15) is 6.10 Å². The van der Waals surface area contributed by atoms with Crippen LogP contribution in [0.3, 0.4) is 0 Å². The van der Waals surface area contributed by atoms with Crippen LogP contribution in [0.25, 0.3) is 0 Å². The lowest BCUT2D eigenvalue weighted by Gasteiger charge is -2.47. The highest BCUT2D eigenvalue weighted by molar-refractivity contribution is 5.71. The number of rotatable bonds is 4. The van der Waals surface area contributed by atoms with Gasteiger partial charge in [0, 0.05) is 18.1 Å². The van der Waals surface area contributed by atoms with Crippen LogP contribution >= 0.6 is 0 Å². The third-order valence-electron chi connectivity index (χ3n) is 3.89. The number of hydrogen-bond donors (Lipinski definition) is 4. The van der Waals surface area contributed by atoms with E-state index in [0.717, 1.165) is 0 Å². The van der Waals surface area contributed by atoms with Gasteiger partial charge in [-0.1, -0.05) is 0 Å². The van der Waals surface area contributed by atoms with E-state index in [-0.39, 0.29) is 18.5 Å².